The molecule has 0 saturated heterocycles. The monoisotopic (exact) mass is 262 g/mol. The van der Waals surface area contributed by atoms with Crippen LogP contribution in [0.5, 0.6) is 0 Å². The number of hydrazine groups is 1. The van der Waals surface area contributed by atoms with Crippen molar-refractivity contribution in [2.75, 3.05) is 19.4 Å². The van der Waals surface area contributed by atoms with Gasteiger partial charge in [-0.15, -0.1) is 0 Å². The third-order valence-corrected chi connectivity index (χ3v) is 3.00. The zero-order chi connectivity index (χ0) is 14.0. The molecule has 102 valence electrons. The van der Waals surface area contributed by atoms with Gasteiger partial charge in [0.15, 0.2) is 0 Å². The summed E-state index contributed by atoms with van der Waals surface area (Å²) in [5, 5.41) is 4.36. The lowest BCUT2D eigenvalue weighted by Gasteiger charge is -2.20. The summed E-state index contributed by atoms with van der Waals surface area (Å²) in [6.45, 7) is 0. The summed E-state index contributed by atoms with van der Waals surface area (Å²) in [5.41, 5.74) is 11.1. The number of nitrogens with two attached hydrogens (primary N) is 1. The van der Waals surface area contributed by atoms with Crippen LogP contribution in [-0.4, -0.2) is 30.9 Å². The molecule has 4 N–H and O–H groups in total. The average molecular weight is 262 g/mol. The van der Waals surface area contributed by atoms with Crippen LogP contribution in [0.4, 0.5) is 5.69 Å². The van der Waals surface area contributed by atoms with Gasteiger partial charge in [-0.2, -0.15) is 0 Å². The number of fused-ring (bicyclic) bond motifs is 1. The van der Waals surface area contributed by atoms with Gasteiger partial charge >= 0.3 is 0 Å². The van der Waals surface area contributed by atoms with Crippen LogP contribution >= 0.6 is 0 Å². The summed E-state index contributed by atoms with van der Waals surface area (Å²) in [6.07, 6.45) is 1.15. The molecule has 1 atom stereocenters. The quantitative estimate of drug-likeness (QED) is 0.677. The van der Waals surface area contributed by atoms with E-state index in [9.17, 15) is 9.59 Å². The highest BCUT2D eigenvalue weighted by Crippen LogP contribution is 2.25. The van der Waals surface area contributed by atoms with Crippen LogP contribution in [0.15, 0.2) is 18.2 Å². The Hall–Kier alpha value is -1.92. The maximum absolute atomic E-state index is 11.8. The van der Waals surface area contributed by atoms with Gasteiger partial charge in [0.05, 0.1) is 0 Å². The van der Waals surface area contributed by atoms with E-state index in [2.05, 4.69) is 10.7 Å². The van der Waals surface area contributed by atoms with Crippen LogP contribution in [0.1, 0.15) is 23.6 Å². The van der Waals surface area contributed by atoms with Crippen molar-refractivity contribution in [3.05, 3.63) is 29.3 Å². The number of hydrogen-bond donors (Lipinski definition) is 3. The summed E-state index contributed by atoms with van der Waals surface area (Å²) in [5.74, 6) is -0.236. The number of anilines is 1. The lowest BCUT2D eigenvalue weighted by atomic mass is 9.97. The number of hydrogen-bond acceptors (Lipinski definition) is 4. The number of nitrogens with zero attached hydrogens (tertiary/aromatic N) is 1. The number of benzene rings is 1. The number of rotatable bonds is 3. The van der Waals surface area contributed by atoms with Gasteiger partial charge in [-0.05, 0) is 23.6 Å². The van der Waals surface area contributed by atoms with Gasteiger partial charge in [0, 0.05) is 26.2 Å². The summed E-state index contributed by atoms with van der Waals surface area (Å²) in [7, 11) is 3.46. The Kier molecular flexibility index (Phi) is 3.82. The predicted octanol–water partition coefficient (Wildman–Crippen LogP) is 0.164. The van der Waals surface area contributed by atoms with Crippen LogP contribution in [-0.2, 0) is 16.0 Å². The molecule has 0 aliphatic carbocycles. The van der Waals surface area contributed by atoms with Crippen LogP contribution in [0.25, 0.3) is 0 Å². The molecule has 2 amide bonds. The largest absolute Gasteiger partial charge is 0.326 e. The smallest absolute Gasteiger partial charge is 0.255 e. The molecule has 0 bridgehead atoms. The topological polar surface area (TPSA) is 87.5 Å². The third kappa shape index (κ3) is 3.10. The fraction of sp³-hybridized carbons (Fsp3) is 0.385. The molecule has 1 unspecified atom stereocenters. The van der Waals surface area contributed by atoms with Crippen molar-refractivity contribution < 1.29 is 9.59 Å². The molecule has 0 spiro atoms. The lowest BCUT2D eigenvalue weighted by Crippen LogP contribution is -2.42. The van der Waals surface area contributed by atoms with E-state index in [-0.39, 0.29) is 11.8 Å². The average Bonchev–Trinajstić information content (AvgIpc) is 2.36. The second-order valence-corrected chi connectivity index (χ2v) is 4.81. The van der Waals surface area contributed by atoms with Gasteiger partial charge in [0.1, 0.15) is 6.04 Å². The summed E-state index contributed by atoms with van der Waals surface area (Å²) in [4.78, 5) is 23.1. The number of amides is 2. The molecule has 6 heteroatoms. The van der Waals surface area contributed by atoms with Gasteiger partial charge < -0.3 is 11.1 Å². The Bertz CT molecular complexity index is 513. The molecular weight excluding hydrogens is 244 g/mol. The molecule has 0 fully saturated rings. The number of aryl methyl sites for hydroxylation is 1. The van der Waals surface area contributed by atoms with E-state index in [0.29, 0.717) is 12.8 Å². The first-order chi connectivity index (χ1) is 8.97. The van der Waals surface area contributed by atoms with Crippen molar-refractivity contribution in [3.63, 3.8) is 0 Å². The Balaban J connectivity index is 2.18. The minimum atomic E-state index is -0.717. The van der Waals surface area contributed by atoms with E-state index < -0.39 is 6.04 Å². The molecule has 1 aromatic rings. The third-order valence-electron chi connectivity index (χ3n) is 3.00. The van der Waals surface area contributed by atoms with E-state index in [4.69, 9.17) is 5.73 Å². The van der Waals surface area contributed by atoms with E-state index >= 15 is 0 Å². The Morgan fingerprint density at radius 3 is 2.84 bits per heavy atom. The molecule has 0 aromatic heterocycles. The molecule has 1 heterocycles. The molecule has 1 aliphatic rings. The highest BCUT2D eigenvalue weighted by atomic mass is 16.2. The Morgan fingerprint density at radius 1 is 1.42 bits per heavy atom. The molecule has 19 heavy (non-hydrogen) atoms. The van der Waals surface area contributed by atoms with Gasteiger partial charge in [-0.3, -0.25) is 15.0 Å². The minimum absolute atomic E-state index is 0.0231. The highest BCUT2D eigenvalue weighted by molar-refractivity contribution is 5.94. The van der Waals surface area contributed by atoms with E-state index in [1.54, 1.807) is 31.2 Å². The normalized spacial score (nSPS) is 15.7. The van der Waals surface area contributed by atoms with Crippen LogP contribution in [0.2, 0.25) is 0 Å². The van der Waals surface area contributed by atoms with Crippen molar-refractivity contribution in [1.82, 2.24) is 10.4 Å². The molecule has 0 radical (unpaired) electrons. The van der Waals surface area contributed by atoms with Gasteiger partial charge in [0.25, 0.3) is 5.91 Å². The van der Waals surface area contributed by atoms with Crippen molar-refractivity contribution in [1.29, 1.82) is 0 Å². The maximum Gasteiger partial charge on any atom is 0.255 e. The Labute approximate surface area is 111 Å². The summed E-state index contributed by atoms with van der Waals surface area (Å²) in [6, 6.07) is 4.73. The van der Waals surface area contributed by atoms with Crippen molar-refractivity contribution >= 4 is 17.5 Å². The van der Waals surface area contributed by atoms with Crippen LogP contribution in [0, 0.1) is 0 Å². The van der Waals surface area contributed by atoms with E-state index in [1.807, 2.05) is 6.07 Å². The van der Waals surface area contributed by atoms with Crippen molar-refractivity contribution in [2.24, 2.45) is 5.73 Å². The summed E-state index contributed by atoms with van der Waals surface area (Å²) < 4.78 is 0. The van der Waals surface area contributed by atoms with Gasteiger partial charge in [0.2, 0.25) is 5.91 Å². The minimum Gasteiger partial charge on any atom is -0.326 e. The first-order valence-electron chi connectivity index (χ1n) is 6.13. The molecule has 2 rings (SSSR count). The predicted molar refractivity (Wildman–Crippen MR) is 72.2 cm³/mol. The Morgan fingerprint density at radius 2 is 2.16 bits per heavy atom. The second-order valence-electron chi connectivity index (χ2n) is 4.81. The first kappa shape index (κ1) is 13.5. The van der Waals surface area contributed by atoms with Crippen LogP contribution in [0.3, 0.4) is 0 Å². The van der Waals surface area contributed by atoms with Gasteiger partial charge in [-0.1, -0.05) is 12.1 Å². The molecule has 1 aliphatic heterocycles. The highest BCUT2D eigenvalue weighted by Gasteiger charge is 2.20. The zero-order valence-corrected chi connectivity index (χ0v) is 11.1. The standard InChI is InChI=1S/C13H18N4O2/c1-17(2)16-13(19)12(14)9-3-5-10-8(7-9)4-6-11(18)15-10/h3,5,7,12H,4,6,14H2,1-2H3,(H,15,18)(H,16,19). The second kappa shape index (κ2) is 5.38. The summed E-state index contributed by atoms with van der Waals surface area (Å²) >= 11 is 0. The molecule has 0 saturated carbocycles. The SMILES string of the molecule is CN(C)NC(=O)C(N)c1ccc2c(c1)CCC(=O)N2. The molecular formula is C13H18N4O2. The number of carbonyl (C=O) groups is 2. The number of carbonyl (C=O) groups excluding carboxylic acids is 2. The van der Waals surface area contributed by atoms with Crippen molar-refractivity contribution in [3.8, 4) is 0 Å². The maximum atomic E-state index is 11.8. The molecule has 1 aromatic carbocycles. The molecule has 6 nitrogen and oxygen atoms in total. The fourth-order valence-corrected chi connectivity index (χ4v) is 2.04. The van der Waals surface area contributed by atoms with E-state index in [0.717, 1.165) is 16.8 Å². The van der Waals surface area contributed by atoms with Crippen molar-refractivity contribution in [2.45, 2.75) is 18.9 Å². The van der Waals surface area contributed by atoms with E-state index in [1.165, 1.54) is 0 Å². The van der Waals surface area contributed by atoms with Crippen LogP contribution < -0.4 is 16.5 Å². The fourth-order valence-electron chi connectivity index (χ4n) is 2.04. The number of nitrogens with one attached hydrogen (secondary N) is 2. The zero-order valence-electron chi connectivity index (χ0n) is 11.1. The first-order valence-corrected chi connectivity index (χ1v) is 6.13. The lowest BCUT2D eigenvalue weighted by molar-refractivity contribution is -0.126. The van der Waals surface area contributed by atoms with Gasteiger partial charge in [-0.25, -0.2) is 5.01 Å².